The van der Waals surface area contributed by atoms with E-state index in [1.54, 1.807) is 6.20 Å². The number of nitrogens with two attached hydrogens (primary N) is 1. The second-order valence-corrected chi connectivity index (χ2v) is 3.40. The zero-order valence-electron chi connectivity index (χ0n) is 8.53. The maximum Gasteiger partial charge on any atom is 0.0998 e. The lowest BCUT2D eigenvalue weighted by Gasteiger charge is -2.13. The van der Waals surface area contributed by atoms with Gasteiger partial charge in [0.15, 0.2) is 0 Å². The summed E-state index contributed by atoms with van der Waals surface area (Å²) in [5, 5.41) is 7.51. The van der Waals surface area contributed by atoms with Gasteiger partial charge in [0.1, 0.15) is 0 Å². The van der Waals surface area contributed by atoms with Crippen molar-refractivity contribution in [1.82, 2.24) is 4.98 Å². The number of unbranched alkanes of at least 4 members (excludes halogenated alkanes) is 1. The lowest BCUT2D eigenvalue weighted by molar-refractivity contribution is 0.667. The summed E-state index contributed by atoms with van der Waals surface area (Å²) >= 11 is 0. The van der Waals surface area contributed by atoms with E-state index in [0.29, 0.717) is 0 Å². The number of nitrogens with one attached hydrogen (secondary N) is 1. The van der Waals surface area contributed by atoms with E-state index in [2.05, 4.69) is 11.9 Å². The van der Waals surface area contributed by atoms with Crippen LogP contribution in [-0.2, 0) is 0 Å². The molecular formula is C11H17N3. The van der Waals surface area contributed by atoms with Crippen molar-refractivity contribution in [2.75, 3.05) is 0 Å². The highest BCUT2D eigenvalue weighted by molar-refractivity contribution is 5.83. The standard InChI is InChI=1S/C11H17N3/c1-2-3-6-9(11(12)13)10-7-4-5-8-14-10/h4-5,7-9H,2-3,6H2,1H3,(H3,12,13). The fourth-order valence-corrected chi connectivity index (χ4v) is 1.45. The van der Waals surface area contributed by atoms with E-state index in [9.17, 15) is 0 Å². The van der Waals surface area contributed by atoms with Crippen LogP contribution in [0.2, 0.25) is 0 Å². The van der Waals surface area contributed by atoms with Crippen LogP contribution < -0.4 is 5.73 Å². The summed E-state index contributed by atoms with van der Waals surface area (Å²) in [5.74, 6) is 0.216. The third-order valence-electron chi connectivity index (χ3n) is 2.27. The van der Waals surface area contributed by atoms with Crippen molar-refractivity contribution in [1.29, 1.82) is 5.41 Å². The predicted octanol–water partition coefficient (Wildman–Crippen LogP) is 2.29. The second-order valence-electron chi connectivity index (χ2n) is 3.40. The lowest BCUT2D eigenvalue weighted by Crippen LogP contribution is -2.21. The fraction of sp³-hybridized carbons (Fsp3) is 0.455. The molecule has 0 saturated carbocycles. The van der Waals surface area contributed by atoms with Gasteiger partial charge in [-0.3, -0.25) is 10.4 Å². The van der Waals surface area contributed by atoms with E-state index in [4.69, 9.17) is 11.1 Å². The molecule has 0 aromatic carbocycles. The van der Waals surface area contributed by atoms with E-state index < -0.39 is 0 Å². The monoisotopic (exact) mass is 191 g/mol. The third kappa shape index (κ3) is 2.83. The van der Waals surface area contributed by atoms with Gasteiger partial charge in [-0.15, -0.1) is 0 Å². The van der Waals surface area contributed by atoms with Gasteiger partial charge < -0.3 is 5.73 Å². The maximum atomic E-state index is 7.51. The van der Waals surface area contributed by atoms with Crippen LogP contribution in [-0.4, -0.2) is 10.8 Å². The van der Waals surface area contributed by atoms with Crippen molar-refractivity contribution < 1.29 is 0 Å². The molecular weight excluding hydrogens is 174 g/mol. The molecule has 1 aromatic rings. The van der Waals surface area contributed by atoms with Crippen molar-refractivity contribution in [2.24, 2.45) is 5.73 Å². The van der Waals surface area contributed by atoms with E-state index in [-0.39, 0.29) is 11.8 Å². The SMILES string of the molecule is CCCCC(C(=N)N)c1ccccn1. The molecule has 0 fully saturated rings. The molecule has 0 aliphatic heterocycles. The molecule has 0 saturated heterocycles. The van der Waals surface area contributed by atoms with Gasteiger partial charge in [-0.2, -0.15) is 0 Å². The van der Waals surface area contributed by atoms with Crippen LogP contribution in [0.25, 0.3) is 0 Å². The van der Waals surface area contributed by atoms with Crippen molar-refractivity contribution in [2.45, 2.75) is 32.1 Å². The molecule has 0 bridgehead atoms. The minimum atomic E-state index is -0.00356. The van der Waals surface area contributed by atoms with Crippen LogP contribution in [0, 0.1) is 5.41 Å². The largest absolute Gasteiger partial charge is 0.387 e. The Hall–Kier alpha value is -1.38. The summed E-state index contributed by atoms with van der Waals surface area (Å²) in [4.78, 5) is 4.23. The van der Waals surface area contributed by atoms with E-state index in [1.807, 2.05) is 18.2 Å². The molecule has 1 unspecified atom stereocenters. The van der Waals surface area contributed by atoms with Gasteiger partial charge in [-0.1, -0.05) is 25.8 Å². The minimum Gasteiger partial charge on any atom is -0.387 e. The molecule has 1 heterocycles. The third-order valence-corrected chi connectivity index (χ3v) is 2.27. The van der Waals surface area contributed by atoms with Crippen LogP contribution in [0.5, 0.6) is 0 Å². The van der Waals surface area contributed by atoms with Crippen LogP contribution in [0.3, 0.4) is 0 Å². The summed E-state index contributed by atoms with van der Waals surface area (Å²) < 4.78 is 0. The molecule has 3 N–H and O–H groups in total. The molecule has 0 spiro atoms. The smallest absolute Gasteiger partial charge is 0.0998 e. The fourth-order valence-electron chi connectivity index (χ4n) is 1.45. The number of aromatic nitrogens is 1. The number of rotatable bonds is 5. The average molecular weight is 191 g/mol. The first-order valence-corrected chi connectivity index (χ1v) is 5.00. The highest BCUT2D eigenvalue weighted by Gasteiger charge is 2.14. The summed E-state index contributed by atoms with van der Waals surface area (Å²) in [6, 6.07) is 5.74. The Labute approximate surface area is 84.9 Å². The summed E-state index contributed by atoms with van der Waals surface area (Å²) in [6.45, 7) is 2.13. The Balaban J connectivity index is 2.73. The highest BCUT2D eigenvalue weighted by Crippen LogP contribution is 2.19. The number of nitrogens with zero attached hydrogens (tertiary/aromatic N) is 1. The quantitative estimate of drug-likeness (QED) is 0.554. The van der Waals surface area contributed by atoms with Gasteiger partial charge in [-0.05, 0) is 18.6 Å². The number of pyridine rings is 1. The van der Waals surface area contributed by atoms with Gasteiger partial charge in [0, 0.05) is 6.20 Å². The molecule has 76 valence electrons. The normalized spacial score (nSPS) is 12.4. The maximum absolute atomic E-state index is 7.51. The van der Waals surface area contributed by atoms with Gasteiger partial charge in [-0.25, -0.2) is 0 Å². The highest BCUT2D eigenvalue weighted by atomic mass is 14.8. The number of hydrogen-bond donors (Lipinski definition) is 2. The first kappa shape index (κ1) is 10.7. The van der Waals surface area contributed by atoms with E-state index in [1.165, 1.54) is 0 Å². The molecule has 3 nitrogen and oxygen atoms in total. The molecule has 0 amide bonds. The van der Waals surface area contributed by atoms with Crippen LogP contribution in [0.15, 0.2) is 24.4 Å². The Morgan fingerprint density at radius 1 is 1.57 bits per heavy atom. The van der Waals surface area contributed by atoms with Crippen molar-refractivity contribution in [3.63, 3.8) is 0 Å². The van der Waals surface area contributed by atoms with Gasteiger partial charge >= 0.3 is 0 Å². The average Bonchev–Trinajstić information content (AvgIpc) is 2.19. The Bertz CT molecular complexity index is 282. The van der Waals surface area contributed by atoms with E-state index in [0.717, 1.165) is 25.0 Å². The van der Waals surface area contributed by atoms with E-state index >= 15 is 0 Å². The summed E-state index contributed by atoms with van der Waals surface area (Å²) in [7, 11) is 0. The molecule has 14 heavy (non-hydrogen) atoms. The lowest BCUT2D eigenvalue weighted by atomic mass is 9.97. The second kappa shape index (κ2) is 5.37. The minimum absolute atomic E-state index is 0.00356. The van der Waals surface area contributed by atoms with Crippen LogP contribution >= 0.6 is 0 Å². The molecule has 1 rings (SSSR count). The van der Waals surface area contributed by atoms with Gasteiger partial charge in [0.05, 0.1) is 17.4 Å². The van der Waals surface area contributed by atoms with Crippen molar-refractivity contribution in [3.05, 3.63) is 30.1 Å². The number of amidine groups is 1. The molecule has 1 atom stereocenters. The van der Waals surface area contributed by atoms with Crippen LogP contribution in [0.4, 0.5) is 0 Å². The first-order valence-electron chi connectivity index (χ1n) is 5.00. The summed E-state index contributed by atoms with van der Waals surface area (Å²) in [5.41, 5.74) is 6.46. The Morgan fingerprint density at radius 3 is 2.86 bits per heavy atom. The van der Waals surface area contributed by atoms with Gasteiger partial charge in [0.25, 0.3) is 0 Å². The van der Waals surface area contributed by atoms with Gasteiger partial charge in [0.2, 0.25) is 0 Å². The molecule has 0 aliphatic carbocycles. The van der Waals surface area contributed by atoms with Crippen molar-refractivity contribution in [3.8, 4) is 0 Å². The molecule has 0 aliphatic rings. The summed E-state index contributed by atoms with van der Waals surface area (Å²) in [6.07, 6.45) is 4.87. The molecule has 3 heteroatoms. The predicted molar refractivity (Wildman–Crippen MR) is 58.4 cm³/mol. The zero-order chi connectivity index (χ0) is 10.4. The first-order chi connectivity index (χ1) is 6.75. The number of hydrogen-bond acceptors (Lipinski definition) is 2. The molecule has 1 aromatic heterocycles. The van der Waals surface area contributed by atoms with Crippen molar-refractivity contribution >= 4 is 5.84 Å². The van der Waals surface area contributed by atoms with Crippen LogP contribution in [0.1, 0.15) is 37.8 Å². The Kier molecular flexibility index (Phi) is 4.11. The molecule has 0 radical (unpaired) electrons. The Morgan fingerprint density at radius 2 is 2.36 bits per heavy atom. The zero-order valence-corrected chi connectivity index (χ0v) is 8.53. The topological polar surface area (TPSA) is 62.8 Å².